The Balaban J connectivity index is 1.79. The first-order valence-corrected chi connectivity index (χ1v) is 9.11. The fraction of sp³-hybridized carbons (Fsp3) is 0.300. The van der Waals surface area contributed by atoms with Gasteiger partial charge in [0.1, 0.15) is 5.75 Å². The van der Waals surface area contributed by atoms with Crippen LogP contribution < -0.4 is 19.5 Å². The van der Waals surface area contributed by atoms with Crippen LogP contribution in [-0.2, 0) is 16.0 Å². The summed E-state index contributed by atoms with van der Waals surface area (Å²) in [5.74, 6) is -0.649. The molecule has 0 aromatic heterocycles. The van der Waals surface area contributed by atoms with Crippen molar-refractivity contribution in [2.75, 3.05) is 27.4 Å². The van der Waals surface area contributed by atoms with Crippen LogP contribution in [0.15, 0.2) is 36.4 Å². The molecule has 0 saturated carbocycles. The molecule has 0 aliphatic rings. The first kappa shape index (κ1) is 23.2. The second-order valence-electron chi connectivity index (χ2n) is 5.89. The Hall–Kier alpha value is -3.07. The lowest BCUT2D eigenvalue weighted by Gasteiger charge is -2.11. The molecule has 2 rings (SSSR count). The number of carbonyl (C=O) groups excluding carboxylic acids is 2. The molecule has 0 heterocycles. The Bertz CT molecular complexity index is 876. The molecule has 7 nitrogen and oxygen atoms in total. The Morgan fingerprint density at radius 2 is 1.80 bits per heavy atom. The van der Waals surface area contributed by atoms with E-state index in [2.05, 4.69) is 10.1 Å². The zero-order chi connectivity index (χ0) is 22.1. The molecule has 0 fully saturated rings. The minimum absolute atomic E-state index is 0.0555. The average molecular weight is 444 g/mol. The summed E-state index contributed by atoms with van der Waals surface area (Å²) in [5.41, 5.74) is 0.922. The van der Waals surface area contributed by atoms with E-state index < -0.39 is 25.1 Å². The van der Waals surface area contributed by atoms with Gasteiger partial charge in [0.2, 0.25) is 0 Å². The lowest BCUT2D eigenvalue weighted by molar-refractivity contribution is -0.124. The van der Waals surface area contributed by atoms with Crippen LogP contribution in [0.5, 0.6) is 17.2 Å². The molecule has 0 aliphatic heterocycles. The van der Waals surface area contributed by atoms with Gasteiger partial charge in [-0.2, -0.15) is 8.78 Å². The van der Waals surface area contributed by atoms with E-state index in [1.165, 1.54) is 38.5 Å². The van der Waals surface area contributed by atoms with Crippen molar-refractivity contribution in [1.82, 2.24) is 5.32 Å². The van der Waals surface area contributed by atoms with Crippen molar-refractivity contribution in [3.05, 3.63) is 52.5 Å². The summed E-state index contributed by atoms with van der Waals surface area (Å²) in [6.45, 7) is -3.09. The van der Waals surface area contributed by atoms with Gasteiger partial charge in [-0.05, 0) is 36.2 Å². The van der Waals surface area contributed by atoms with E-state index in [1.807, 2.05) is 0 Å². The van der Waals surface area contributed by atoms with E-state index >= 15 is 0 Å². The summed E-state index contributed by atoms with van der Waals surface area (Å²) in [5, 5.41) is 2.76. The highest BCUT2D eigenvalue weighted by Gasteiger charge is 2.17. The topological polar surface area (TPSA) is 83.1 Å². The summed E-state index contributed by atoms with van der Waals surface area (Å²) in [6, 6.07) is 8.81. The maximum Gasteiger partial charge on any atom is 0.387 e. The minimum Gasteiger partial charge on any atom is -0.493 e. The molecule has 1 N–H and O–H groups in total. The number of methoxy groups -OCH3 is 2. The highest BCUT2D eigenvalue weighted by atomic mass is 35.5. The number of amides is 1. The predicted molar refractivity (Wildman–Crippen MR) is 105 cm³/mol. The molecule has 2 aromatic rings. The van der Waals surface area contributed by atoms with Crippen LogP contribution in [-0.4, -0.2) is 45.9 Å². The van der Waals surface area contributed by atoms with Crippen LogP contribution in [0, 0.1) is 0 Å². The van der Waals surface area contributed by atoms with Crippen LogP contribution in [0.25, 0.3) is 0 Å². The number of hydrogen-bond acceptors (Lipinski definition) is 6. The lowest BCUT2D eigenvalue weighted by Crippen LogP contribution is -2.30. The van der Waals surface area contributed by atoms with E-state index in [1.54, 1.807) is 12.1 Å². The Morgan fingerprint density at radius 3 is 2.40 bits per heavy atom. The first-order chi connectivity index (χ1) is 14.3. The quantitative estimate of drug-likeness (QED) is 0.566. The van der Waals surface area contributed by atoms with Crippen LogP contribution in [0.4, 0.5) is 8.78 Å². The number of benzene rings is 2. The molecule has 0 radical (unpaired) electrons. The third-order valence-corrected chi connectivity index (χ3v) is 4.17. The molecule has 0 bridgehead atoms. The molecule has 0 atom stereocenters. The van der Waals surface area contributed by atoms with Gasteiger partial charge < -0.3 is 24.3 Å². The Kier molecular flexibility index (Phi) is 8.67. The van der Waals surface area contributed by atoms with Crippen LogP contribution in [0.3, 0.4) is 0 Å². The summed E-state index contributed by atoms with van der Waals surface area (Å²) in [7, 11) is 2.81. The number of rotatable bonds is 10. The van der Waals surface area contributed by atoms with Gasteiger partial charge in [0.15, 0.2) is 18.1 Å². The van der Waals surface area contributed by atoms with Gasteiger partial charge in [0, 0.05) is 6.54 Å². The van der Waals surface area contributed by atoms with Crippen molar-refractivity contribution in [2.24, 2.45) is 0 Å². The van der Waals surface area contributed by atoms with E-state index in [0.29, 0.717) is 6.42 Å². The fourth-order valence-electron chi connectivity index (χ4n) is 2.49. The molecule has 0 saturated heterocycles. The number of alkyl halides is 2. The number of hydrogen-bond donors (Lipinski definition) is 1. The van der Waals surface area contributed by atoms with E-state index in [9.17, 15) is 18.4 Å². The van der Waals surface area contributed by atoms with Crippen molar-refractivity contribution in [1.29, 1.82) is 0 Å². The molecule has 1 amide bonds. The molecular formula is C20H20ClF2NO6. The van der Waals surface area contributed by atoms with Gasteiger partial charge in [-0.3, -0.25) is 4.79 Å². The molecule has 0 unspecified atom stereocenters. The second-order valence-corrected chi connectivity index (χ2v) is 6.30. The van der Waals surface area contributed by atoms with Crippen molar-refractivity contribution < 1.29 is 37.3 Å². The Labute approximate surface area is 176 Å². The largest absolute Gasteiger partial charge is 0.493 e. The third-order valence-electron chi connectivity index (χ3n) is 3.89. The highest BCUT2D eigenvalue weighted by molar-refractivity contribution is 6.32. The van der Waals surface area contributed by atoms with Crippen molar-refractivity contribution in [2.45, 2.75) is 13.0 Å². The van der Waals surface area contributed by atoms with Gasteiger partial charge in [0.25, 0.3) is 5.91 Å². The molecule has 30 heavy (non-hydrogen) atoms. The van der Waals surface area contributed by atoms with Gasteiger partial charge in [-0.1, -0.05) is 23.7 Å². The number of carbonyl (C=O) groups is 2. The maximum atomic E-state index is 12.2. The highest BCUT2D eigenvalue weighted by Crippen LogP contribution is 2.36. The molecular weight excluding hydrogens is 424 g/mol. The number of halogens is 3. The number of esters is 1. The van der Waals surface area contributed by atoms with Gasteiger partial charge in [-0.15, -0.1) is 0 Å². The van der Waals surface area contributed by atoms with Crippen molar-refractivity contribution in [3.63, 3.8) is 0 Å². The smallest absolute Gasteiger partial charge is 0.387 e. The summed E-state index contributed by atoms with van der Waals surface area (Å²) in [4.78, 5) is 24.0. The zero-order valence-corrected chi connectivity index (χ0v) is 17.0. The van der Waals surface area contributed by atoms with Crippen molar-refractivity contribution >= 4 is 23.5 Å². The molecule has 2 aromatic carbocycles. The molecule has 0 aliphatic carbocycles. The first-order valence-electron chi connectivity index (χ1n) is 8.73. The van der Waals surface area contributed by atoms with Crippen molar-refractivity contribution in [3.8, 4) is 17.2 Å². The summed E-state index contributed by atoms with van der Waals surface area (Å²) in [6.07, 6.45) is 0.458. The third kappa shape index (κ3) is 6.77. The second kappa shape index (κ2) is 11.2. The molecule has 10 heteroatoms. The average Bonchev–Trinajstić information content (AvgIpc) is 2.72. The zero-order valence-electron chi connectivity index (χ0n) is 16.2. The van der Waals surface area contributed by atoms with Crippen LogP contribution >= 0.6 is 11.6 Å². The van der Waals surface area contributed by atoms with E-state index in [0.717, 1.165) is 5.56 Å². The lowest BCUT2D eigenvalue weighted by atomic mass is 10.1. The predicted octanol–water partition coefficient (Wildman–Crippen LogP) is 3.47. The van der Waals surface area contributed by atoms with Crippen LogP contribution in [0.2, 0.25) is 5.02 Å². The standard InChI is InChI=1S/C20H20ClF2NO6/c1-27-16-10-13(9-15(21)18(16)28-2)19(26)29-11-17(25)24-8-7-12-3-5-14(6-4-12)30-20(22)23/h3-6,9-10,20H,7-8,11H2,1-2H3,(H,24,25). The van der Waals surface area contributed by atoms with E-state index in [4.69, 9.17) is 25.8 Å². The SMILES string of the molecule is COc1cc(C(=O)OCC(=O)NCCc2ccc(OC(F)F)cc2)cc(Cl)c1OC. The van der Waals surface area contributed by atoms with E-state index in [-0.39, 0.29) is 34.4 Å². The normalized spacial score (nSPS) is 10.5. The number of nitrogens with one attached hydrogen (secondary N) is 1. The Morgan fingerprint density at radius 1 is 1.10 bits per heavy atom. The molecule has 0 spiro atoms. The van der Waals surface area contributed by atoms with Gasteiger partial charge in [-0.25, -0.2) is 4.79 Å². The minimum atomic E-state index is -2.88. The number of ether oxygens (including phenoxy) is 4. The van der Waals surface area contributed by atoms with Gasteiger partial charge >= 0.3 is 12.6 Å². The monoisotopic (exact) mass is 443 g/mol. The fourth-order valence-corrected chi connectivity index (χ4v) is 2.77. The summed E-state index contributed by atoms with van der Waals surface area (Å²) >= 11 is 6.04. The summed E-state index contributed by atoms with van der Waals surface area (Å²) < 4.78 is 43.7. The molecule has 162 valence electrons. The maximum absolute atomic E-state index is 12.2. The van der Waals surface area contributed by atoms with Gasteiger partial charge in [0.05, 0.1) is 24.8 Å². The van der Waals surface area contributed by atoms with Crippen LogP contribution in [0.1, 0.15) is 15.9 Å².